The van der Waals surface area contributed by atoms with Crippen molar-refractivity contribution in [2.24, 2.45) is 0 Å². The molecule has 13 heteroatoms. The third-order valence-electron chi connectivity index (χ3n) is 5.81. The quantitative estimate of drug-likeness (QED) is 0.358. The van der Waals surface area contributed by atoms with Crippen LogP contribution in [0.3, 0.4) is 0 Å². The van der Waals surface area contributed by atoms with Gasteiger partial charge >= 0.3 is 6.18 Å². The number of amides is 1. The number of imidazole rings is 1. The number of hydrazine groups is 1. The molecule has 0 spiro atoms. The van der Waals surface area contributed by atoms with Crippen molar-refractivity contribution < 1.29 is 18.0 Å². The number of aromatic nitrogens is 6. The highest BCUT2D eigenvalue weighted by molar-refractivity contribution is 5.98. The van der Waals surface area contributed by atoms with Crippen molar-refractivity contribution in [1.82, 2.24) is 34.3 Å². The number of nitrogens with two attached hydrogens (primary N) is 1. The molecule has 0 atom stereocenters. The van der Waals surface area contributed by atoms with E-state index >= 15 is 0 Å². The smallest absolute Gasteiger partial charge is 0.382 e. The van der Waals surface area contributed by atoms with Crippen molar-refractivity contribution in [3.05, 3.63) is 83.8 Å². The minimum absolute atomic E-state index is 0.136. The summed E-state index contributed by atoms with van der Waals surface area (Å²) in [6, 6.07) is 8.72. The van der Waals surface area contributed by atoms with Crippen LogP contribution in [0.5, 0.6) is 0 Å². The monoisotopic (exact) mass is 507 g/mol. The van der Waals surface area contributed by atoms with Crippen molar-refractivity contribution in [2.75, 3.05) is 17.8 Å². The second-order valence-corrected chi connectivity index (χ2v) is 8.20. The fraction of sp³-hybridized carbons (Fsp3) is 0.167. The first-order chi connectivity index (χ1) is 17.6. The average Bonchev–Trinajstić information content (AvgIpc) is 3.29. The summed E-state index contributed by atoms with van der Waals surface area (Å²) < 4.78 is 40.8. The van der Waals surface area contributed by atoms with E-state index in [1.165, 1.54) is 28.5 Å². The van der Waals surface area contributed by atoms with E-state index in [-0.39, 0.29) is 18.2 Å². The molecule has 1 amide bonds. The van der Waals surface area contributed by atoms with Crippen LogP contribution in [0.2, 0.25) is 0 Å². The Labute approximate surface area is 208 Å². The molecule has 37 heavy (non-hydrogen) atoms. The lowest BCUT2D eigenvalue weighted by atomic mass is 10.1. The number of hydrogen-bond donors (Lipinski definition) is 1. The minimum Gasteiger partial charge on any atom is -0.382 e. The van der Waals surface area contributed by atoms with Gasteiger partial charge in [-0.15, -0.1) is 0 Å². The zero-order valence-corrected chi connectivity index (χ0v) is 19.7. The van der Waals surface area contributed by atoms with Crippen molar-refractivity contribution in [2.45, 2.75) is 19.6 Å². The molecule has 0 aliphatic rings. The largest absolute Gasteiger partial charge is 0.417 e. The van der Waals surface area contributed by atoms with Crippen LogP contribution < -0.4 is 10.7 Å². The standard InChI is InChI=1S/C24H20F3N9O/c1-14-31-12-20-21(28)33-18-7-4-15(10-19(18)36(14)20)22(37)35(34(2)23-29-8-3-9-30-23)13-17-6-5-16(11-32-17)24(25,26)27/h3-12H,13H2,1-2H3,(H2,28,33). The third-order valence-corrected chi connectivity index (χ3v) is 5.81. The Hall–Kier alpha value is -4.81. The van der Waals surface area contributed by atoms with Crippen LogP contribution in [0.25, 0.3) is 16.6 Å². The highest BCUT2D eigenvalue weighted by Gasteiger charge is 2.31. The molecule has 0 fully saturated rings. The Morgan fingerprint density at radius 1 is 1.03 bits per heavy atom. The van der Waals surface area contributed by atoms with Crippen LogP contribution in [-0.2, 0) is 12.7 Å². The molecule has 0 aliphatic heterocycles. The van der Waals surface area contributed by atoms with E-state index in [2.05, 4.69) is 24.9 Å². The lowest BCUT2D eigenvalue weighted by Gasteiger charge is -2.31. The molecule has 4 aromatic heterocycles. The van der Waals surface area contributed by atoms with E-state index in [4.69, 9.17) is 5.73 Å². The van der Waals surface area contributed by atoms with Crippen LogP contribution in [0.4, 0.5) is 24.9 Å². The predicted octanol–water partition coefficient (Wildman–Crippen LogP) is 3.67. The zero-order chi connectivity index (χ0) is 26.3. The summed E-state index contributed by atoms with van der Waals surface area (Å²) in [4.78, 5) is 34.8. The number of pyridine rings is 1. The third kappa shape index (κ3) is 4.46. The Balaban J connectivity index is 1.57. The van der Waals surface area contributed by atoms with Crippen LogP contribution >= 0.6 is 0 Å². The second-order valence-electron chi connectivity index (χ2n) is 8.20. The van der Waals surface area contributed by atoms with E-state index in [1.807, 2.05) is 6.92 Å². The lowest BCUT2D eigenvalue weighted by molar-refractivity contribution is -0.137. The van der Waals surface area contributed by atoms with Crippen molar-refractivity contribution in [3.63, 3.8) is 0 Å². The summed E-state index contributed by atoms with van der Waals surface area (Å²) in [5.74, 6) is 0.731. The summed E-state index contributed by atoms with van der Waals surface area (Å²) >= 11 is 0. The summed E-state index contributed by atoms with van der Waals surface area (Å²) in [5, 5.41) is 2.72. The van der Waals surface area contributed by atoms with E-state index in [0.717, 1.165) is 12.3 Å². The van der Waals surface area contributed by atoms with Crippen LogP contribution in [-0.4, -0.2) is 47.3 Å². The number of benzene rings is 1. The molecular formula is C24H20F3N9O. The number of nitrogen functional groups attached to an aromatic ring is 1. The Morgan fingerprint density at radius 3 is 2.46 bits per heavy atom. The number of alkyl halides is 3. The first kappa shape index (κ1) is 23.9. The number of carbonyl (C=O) groups is 1. The van der Waals surface area contributed by atoms with Gasteiger partial charge in [0.1, 0.15) is 17.2 Å². The van der Waals surface area contributed by atoms with Gasteiger partial charge in [-0.3, -0.25) is 19.2 Å². The van der Waals surface area contributed by atoms with E-state index in [1.54, 1.807) is 41.9 Å². The van der Waals surface area contributed by atoms with Gasteiger partial charge in [-0.2, -0.15) is 13.2 Å². The number of carbonyl (C=O) groups excluding carboxylic acids is 1. The first-order valence-electron chi connectivity index (χ1n) is 11.0. The highest BCUT2D eigenvalue weighted by Crippen LogP contribution is 2.29. The molecule has 0 bridgehead atoms. The van der Waals surface area contributed by atoms with Gasteiger partial charge in [0, 0.05) is 31.2 Å². The average molecular weight is 507 g/mol. The molecule has 2 N–H and O–H groups in total. The van der Waals surface area contributed by atoms with Crippen molar-refractivity contribution in [3.8, 4) is 0 Å². The molecule has 10 nitrogen and oxygen atoms in total. The van der Waals surface area contributed by atoms with Gasteiger partial charge in [0.25, 0.3) is 5.91 Å². The van der Waals surface area contributed by atoms with Gasteiger partial charge in [0.05, 0.1) is 35.0 Å². The Kier molecular flexibility index (Phi) is 5.82. The minimum atomic E-state index is -4.52. The molecule has 1 aromatic carbocycles. The molecular weight excluding hydrogens is 487 g/mol. The van der Waals surface area contributed by atoms with E-state index in [9.17, 15) is 18.0 Å². The normalized spacial score (nSPS) is 11.7. The Morgan fingerprint density at radius 2 is 1.78 bits per heavy atom. The predicted molar refractivity (Wildman–Crippen MR) is 129 cm³/mol. The van der Waals surface area contributed by atoms with Gasteiger partial charge in [-0.05, 0) is 43.3 Å². The molecule has 0 aliphatic carbocycles. The number of fused-ring (bicyclic) bond motifs is 3. The summed E-state index contributed by atoms with van der Waals surface area (Å²) in [6.45, 7) is 1.67. The maximum Gasteiger partial charge on any atom is 0.417 e. The molecule has 0 saturated carbocycles. The topological polar surface area (TPSA) is 118 Å². The van der Waals surface area contributed by atoms with Gasteiger partial charge in [-0.1, -0.05) is 0 Å². The maximum absolute atomic E-state index is 13.8. The van der Waals surface area contributed by atoms with Gasteiger partial charge in [0.15, 0.2) is 0 Å². The highest BCUT2D eigenvalue weighted by atomic mass is 19.4. The molecule has 5 aromatic rings. The van der Waals surface area contributed by atoms with Gasteiger partial charge in [-0.25, -0.2) is 24.9 Å². The van der Waals surface area contributed by atoms with Crippen molar-refractivity contribution >= 4 is 34.2 Å². The fourth-order valence-corrected chi connectivity index (χ4v) is 3.91. The van der Waals surface area contributed by atoms with E-state index < -0.39 is 17.6 Å². The van der Waals surface area contributed by atoms with Gasteiger partial charge < -0.3 is 5.73 Å². The Bertz CT molecular complexity index is 1600. The fourth-order valence-electron chi connectivity index (χ4n) is 3.91. The number of hydrogen-bond acceptors (Lipinski definition) is 8. The van der Waals surface area contributed by atoms with Crippen LogP contribution in [0, 0.1) is 6.92 Å². The molecule has 5 rings (SSSR count). The van der Waals surface area contributed by atoms with Gasteiger partial charge in [0.2, 0.25) is 5.95 Å². The number of halogens is 3. The summed E-state index contributed by atoms with van der Waals surface area (Å²) in [7, 11) is 1.58. The summed E-state index contributed by atoms with van der Waals surface area (Å²) in [5.41, 5.74) is 7.52. The molecule has 0 radical (unpaired) electrons. The summed E-state index contributed by atoms with van der Waals surface area (Å²) in [6.07, 6.45) is 0.858. The number of anilines is 2. The van der Waals surface area contributed by atoms with E-state index in [0.29, 0.717) is 33.8 Å². The molecule has 4 heterocycles. The molecule has 188 valence electrons. The first-order valence-corrected chi connectivity index (χ1v) is 11.0. The van der Waals surface area contributed by atoms with Crippen molar-refractivity contribution in [1.29, 1.82) is 0 Å². The van der Waals surface area contributed by atoms with Crippen LogP contribution in [0.1, 0.15) is 27.4 Å². The SMILES string of the molecule is Cc1ncc2c(N)nc3ccc(C(=O)N(Cc4ccc(C(F)(F)F)cn4)N(C)c4ncccn4)cc3n12. The number of aryl methyl sites for hydroxylation is 1. The zero-order valence-electron chi connectivity index (χ0n) is 19.7. The molecule has 0 unspecified atom stereocenters. The second kappa shape index (κ2) is 9.00. The number of rotatable bonds is 5. The number of nitrogens with zero attached hydrogens (tertiary/aromatic N) is 8. The maximum atomic E-state index is 13.8. The van der Waals surface area contributed by atoms with Crippen LogP contribution in [0.15, 0.2) is 61.2 Å². The molecule has 0 saturated heterocycles. The lowest BCUT2D eigenvalue weighted by Crippen LogP contribution is -2.45.